The second-order valence-corrected chi connectivity index (χ2v) is 26.8. The molecule has 30 N–H and O–H groups in total. The Morgan fingerprint density at radius 1 is 0.505 bits per heavy atom. The summed E-state index contributed by atoms with van der Waals surface area (Å²) >= 11 is 5.22. The van der Waals surface area contributed by atoms with Gasteiger partial charge in [0.1, 0.15) is 66.5 Å². The van der Waals surface area contributed by atoms with Gasteiger partial charge in [0.05, 0.1) is 25.6 Å². The molecule has 13 amide bonds. The highest BCUT2D eigenvalue weighted by Crippen LogP contribution is 2.26. The predicted molar refractivity (Wildman–Crippen MR) is 386 cm³/mol. The zero-order chi connectivity index (χ0) is 77.6. The van der Waals surface area contributed by atoms with Crippen LogP contribution in [0.1, 0.15) is 124 Å². The molecule has 0 aromatic heterocycles. The fourth-order valence-corrected chi connectivity index (χ4v) is 11.6. The van der Waals surface area contributed by atoms with Crippen LogP contribution in [0.5, 0.6) is 0 Å². The van der Waals surface area contributed by atoms with Gasteiger partial charge in [0.2, 0.25) is 76.8 Å². The predicted octanol–water partition coefficient (Wildman–Crippen LogP) is -8.99. The molecular weight excluding hydrogens is 1390 g/mol. The number of aliphatic hydroxyl groups excluding tert-OH is 1. The minimum absolute atomic E-state index is 0.00482. The quantitative estimate of drug-likeness (QED) is 0.0116. The highest BCUT2D eigenvalue weighted by molar-refractivity contribution is 7.98. The Labute approximate surface area is 608 Å². The van der Waals surface area contributed by atoms with Gasteiger partial charge < -0.3 is 125 Å². The van der Waals surface area contributed by atoms with E-state index in [1.54, 1.807) is 34.0 Å². The number of nitrogens with zero attached hydrogens (tertiary/aromatic N) is 5. The molecule has 0 bridgehead atoms. The van der Waals surface area contributed by atoms with E-state index in [4.69, 9.17) is 51.6 Å². The van der Waals surface area contributed by atoms with Crippen LogP contribution in [-0.4, -0.2) is 263 Å². The number of carboxylic acids is 1. The minimum Gasteiger partial charge on any atom is -0.480 e. The molecular formula is C61H110N24O16S2. The topological polar surface area (TPSA) is 677 Å². The zero-order valence-electron chi connectivity index (χ0n) is 59.2. The molecule has 2 rings (SSSR count). The van der Waals surface area contributed by atoms with Gasteiger partial charge in [-0.2, -0.15) is 24.4 Å². The van der Waals surface area contributed by atoms with E-state index in [-0.39, 0.29) is 139 Å². The number of aliphatic imine (C=N–C) groups is 3. The number of carbonyl (C=O) groups excluding carboxylic acids is 13. The number of hydrogen-bond acceptors (Lipinski definition) is 22. The van der Waals surface area contributed by atoms with Gasteiger partial charge in [-0.3, -0.25) is 77.3 Å². The van der Waals surface area contributed by atoms with Crippen LogP contribution in [0.25, 0.3) is 0 Å². The fraction of sp³-hybridized carbons (Fsp3) is 0.721. The van der Waals surface area contributed by atoms with Crippen molar-refractivity contribution in [1.29, 1.82) is 0 Å². The van der Waals surface area contributed by atoms with Crippen LogP contribution < -0.4 is 105 Å². The average molecular weight is 1500 g/mol. The van der Waals surface area contributed by atoms with Crippen LogP contribution in [0.15, 0.2) is 15.0 Å². The van der Waals surface area contributed by atoms with Gasteiger partial charge in [-0.05, 0) is 120 Å². The number of rotatable bonds is 48. The zero-order valence-corrected chi connectivity index (χ0v) is 60.9. The summed E-state index contributed by atoms with van der Waals surface area (Å²) in [5, 5.41) is 44.6. The molecule has 42 heteroatoms. The van der Waals surface area contributed by atoms with E-state index in [2.05, 4.69) is 80.8 Å². The number of carboxylic acid groups (broad SMARTS) is 1. The lowest BCUT2D eigenvalue weighted by molar-refractivity contribution is -0.147. The van der Waals surface area contributed by atoms with Crippen molar-refractivity contribution < 1.29 is 77.3 Å². The standard InChI is InChI=1S/C61H110N24O16S2/c1-31(2)45(82-51(93)35(14-6-7-20-62)75-49(91)36(16-10-23-73-61(69)70)76-50(92)37(19-26-103-5)77-52(94)38(27-43(64)87)79-47(89)33(63)13-8-21-71-59(65)66)55(97)78-34(15-9-22-72-60(67)68)48(90)74-28-44(88)84-24-12-18-42(84)57(99)85-25-11-17-41(85)54(96)83-46(32(3)4)56(98)80-39(29-86)53(95)81-40(30-102)58(100)101/h31-42,45-46,86,102H,6-30,62-63H2,1-5H3,(H2,64,87)(H,74,90)(H,75,91)(H,76,92)(H,77,94)(H,78,97)(H,79,89)(H,80,98)(H,81,95)(H,82,93)(H,83,96)(H,100,101)(H4,65,66,71)(H4,67,68,72)(H4,69,70,73)/t33-,34-,35-,36-,37-,38-,39-,40-,41-,42-,45-,46-/m0/s1. The van der Waals surface area contributed by atoms with Gasteiger partial charge in [-0.1, -0.05) is 27.7 Å². The number of hydrogen-bond donors (Lipinski definition) is 22. The van der Waals surface area contributed by atoms with Gasteiger partial charge >= 0.3 is 5.97 Å². The Kier molecular flexibility index (Phi) is 41.3. The van der Waals surface area contributed by atoms with Crippen molar-refractivity contribution in [3.05, 3.63) is 0 Å². The number of primary amides is 1. The average Bonchev–Trinajstić information content (AvgIpc) is 1.68. The molecule has 2 aliphatic rings. The smallest absolute Gasteiger partial charge is 0.327 e. The van der Waals surface area contributed by atoms with Crippen LogP contribution >= 0.6 is 24.4 Å². The lowest BCUT2D eigenvalue weighted by atomic mass is 10.0. The highest BCUT2D eigenvalue weighted by atomic mass is 32.2. The van der Waals surface area contributed by atoms with Crippen LogP contribution in [0, 0.1) is 11.8 Å². The lowest BCUT2D eigenvalue weighted by Gasteiger charge is -2.32. The van der Waals surface area contributed by atoms with Gasteiger partial charge in [-0.25, -0.2) is 4.79 Å². The molecule has 0 aromatic rings. The molecule has 0 aromatic carbocycles. The fourth-order valence-electron chi connectivity index (χ4n) is 10.9. The first kappa shape index (κ1) is 90.1. The number of amides is 13. The molecule has 2 heterocycles. The number of aliphatic carboxylic acids is 1. The van der Waals surface area contributed by atoms with Crippen LogP contribution in [0.4, 0.5) is 0 Å². The number of guanidine groups is 3. The van der Waals surface area contributed by atoms with Crippen molar-refractivity contribution in [3.63, 3.8) is 0 Å². The molecule has 2 saturated heterocycles. The van der Waals surface area contributed by atoms with E-state index in [9.17, 15) is 77.3 Å². The molecule has 0 radical (unpaired) electrons. The van der Waals surface area contributed by atoms with E-state index < -0.39 is 187 Å². The van der Waals surface area contributed by atoms with Crippen LogP contribution in [-0.2, 0) is 67.1 Å². The number of unbranched alkanes of at least 4 members (excludes halogenated alkanes) is 1. The highest BCUT2D eigenvalue weighted by Gasteiger charge is 2.44. The van der Waals surface area contributed by atoms with Crippen molar-refractivity contribution in [3.8, 4) is 0 Å². The monoisotopic (exact) mass is 1500 g/mol. The Hall–Kier alpha value is -9.03. The first-order valence-electron chi connectivity index (χ1n) is 34.1. The second-order valence-electron chi connectivity index (χ2n) is 25.4. The molecule has 0 saturated carbocycles. The maximum atomic E-state index is 14.5. The Morgan fingerprint density at radius 2 is 0.922 bits per heavy atom. The van der Waals surface area contributed by atoms with E-state index >= 15 is 0 Å². The van der Waals surface area contributed by atoms with E-state index in [1.165, 1.54) is 21.6 Å². The number of nitrogens with two attached hydrogens (primary N) is 9. The number of likely N-dealkylation sites (tertiary alicyclic amines) is 2. The largest absolute Gasteiger partial charge is 0.480 e. The first-order chi connectivity index (χ1) is 48.6. The molecule has 2 fully saturated rings. The molecule has 0 aliphatic carbocycles. The third kappa shape index (κ3) is 32.5. The Morgan fingerprint density at radius 3 is 1.40 bits per heavy atom. The maximum absolute atomic E-state index is 14.5. The van der Waals surface area contributed by atoms with E-state index in [1.807, 2.05) is 0 Å². The van der Waals surface area contributed by atoms with Gasteiger partial charge in [0, 0.05) is 38.5 Å². The summed E-state index contributed by atoms with van der Waals surface area (Å²) in [7, 11) is 0. The number of carbonyl (C=O) groups is 14. The third-order valence-corrected chi connectivity index (χ3v) is 17.5. The Balaban J connectivity index is 2.39. The van der Waals surface area contributed by atoms with E-state index in [0.717, 1.165) is 0 Å². The lowest BCUT2D eigenvalue weighted by Crippen LogP contribution is -2.61. The molecule has 582 valence electrons. The summed E-state index contributed by atoms with van der Waals surface area (Å²) < 4.78 is 0. The first-order valence-corrected chi connectivity index (χ1v) is 36.1. The minimum atomic E-state index is -1.60. The summed E-state index contributed by atoms with van der Waals surface area (Å²) in [5.74, 6) is -14.3. The van der Waals surface area contributed by atoms with E-state index in [0.29, 0.717) is 19.3 Å². The van der Waals surface area contributed by atoms with Crippen LogP contribution in [0.2, 0.25) is 0 Å². The van der Waals surface area contributed by atoms with Crippen molar-refractivity contribution in [2.24, 2.45) is 78.4 Å². The van der Waals surface area contributed by atoms with Crippen molar-refractivity contribution in [1.82, 2.24) is 63.0 Å². The van der Waals surface area contributed by atoms with Gasteiger partial charge in [-0.15, -0.1) is 0 Å². The summed E-state index contributed by atoms with van der Waals surface area (Å²) in [4.78, 5) is 206. The number of thioether (sulfide) groups is 1. The molecule has 0 unspecified atom stereocenters. The molecule has 0 spiro atoms. The number of aliphatic hydroxyl groups is 1. The SMILES string of the molecule is CSCC[C@H](NC(=O)[C@H](CC(N)=O)NC(=O)[C@@H](N)CCCN=C(N)N)C(=O)N[C@@H](CCCN=C(N)N)C(=O)N[C@@H](CCCCN)C(=O)N[C@H](C(=O)N[C@@H](CCCN=C(N)N)C(=O)NCC(=O)N1CCC[C@H]1C(=O)N1CCC[C@H]1C(=O)N[C@H](C(=O)N[C@@H](CO)C(=O)N[C@@H](CS)C(=O)O)C(C)C)C(C)C. The normalized spacial score (nSPS) is 17.0. The third-order valence-electron chi connectivity index (χ3n) is 16.5. The summed E-state index contributed by atoms with van der Waals surface area (Å²) in [6.07, 6.45) is 3.11. The van der Waals surface area contributed by atoms with Crippen molar-refractivity contribution in [2.45, 2.75) is 197 Å². The maximum Gasteiger partial charge on any atom is 0.327 e. The molecule has 2 aliphatic heterocycles. The summed E-state index contributed by atoms with van der Waals surface area (Å²) in [5.41, 5.74) is 50.3. The second kappa shape index (κ2) is 47.3. The Bertz CT molecular complexity index is 2970. The summed E-state index contributed by atoms with van der Waals surface area (Å²) in [6.45, 7) is 5.38. The van der Waals surface area contributed by atoms with Crippen molar-refractivity contribution >= 4 is 125 Å². The number of nitrogens with one attached hydrogen (secondary N) is 10. The molecule has 12 atom stereocenters. The molecule has 103 heavy (non-hydrogen) atoms. The van der Waals surface area contributed by atoms with Gasteiger partial charge in [0.15, 0.2) is 17.9 Å². The van der Waals surface area contributed by atoms with Gasteiger partial charge in [0.25, 0.3) is 0 Å². The summed E-state index contributed by atoms with van der Waals surface area (Å²) in [6, 6.07) is -16.2. The molecule has 40 nitrogen and oxygen atoms in total. The van der Waals surface area contributed by atoms with Crippen molar-refractivity contribution in [2.75, 3.05) is 70.2 Å². The van der Waals surface area contributed by atoms with Crippen LogP contribution in [0.3, 0.4) is 0 Å². The number of thiol groups is 1.